The van der Waals surface area contributed by atoms with Crippen LogP contribution in [0.5, 0.6) is 11.8 Å². The van der Waals surface area contributed by atoms with E-state index in [0.29, 0.717) is 17.4 Å². The molecule has 2 aromatic rings. The number of anilines is 1. The first kappa shape index (κ1) is 10.9. The Morgan fingerprint density at radius 3 is 2.88 bits per heavy atom. The van der Waals surface area contributed by atoms with Gasteiger partial charge in [-0.1, -0.05) is 0 Å². The van der Waals surface area contributed by atoms with Gasteiger partial charge in [-0.15, -0.1) is 0 Å². The van der Waals surface area contributed by atoms with Crippen LogP contribution in [0.3, 0.4) is 0 Å². The molecule has 0 saturated heterocycles. The summed E-state index contributed by atoms with van der Waals surface area (Å²) in [7, 11) is 0. The summed E-state index contributed by atoms with van der Waals surface area (Å²) in [5, 5.41) is 0. The average molecular weight is 280 g/mol. The van der Waals surface area contributed by atoms with Crippen LogP contribution in [0.2, 0.25) is 0 Å². The Bertz CT molecular complexity index is 516. The van der Waals surface area contributed by atoms with Gasteiger partial charge in [0, 0.05) is 23.6 Å². The molecule has 0 aliphatic carbocycles. The Labute approximate surface area is 102 Å². The summed E-state index contributed by atoms with van der Waals surface area (Å²) in [6.07, 6.45) is 1.65. The molecule has 2 rings (SSSR count). The van der Waals surface area contributed by atoms with Gasteiger partial charge in [-0.3, -0.25) is 0 Å². The van der Waals surface area contributed by atoms with Crippen molar-refractivity contribution in [2.45, 2.75) is 6.92 Å². The maximum absolute atomic E-state index is 5.67. The van der Waals surface area contributed by atoms with Gasteiger partial charge in [0.05, 0.1) is 4.47 Å². The smallest absolute Gasteiger partial charge is 0.322 e. The van der Waals surface area contributed by atoms with E-state index < -0.39 is 0 Å². The molecule has 0 fully saturated rings. The highest BCUT2D eigenvalue weighted by molar-refractivity contribution is 9.10. The number of nitrogens with zero attached hydrogens (tertiary/aromatic N) is 2. The predicted molar refractivity (Wildman–Crippen MR) is 65.4 cm³/mol. The highest BCUT2D eigenvalue weighted by Crippen LogP contribution is 2.29. The fourth-order valence-corrected chi connectivity index (χ4v) is 1.50. The molecule has 0 spiro atoms. The number of halogens is 1. The van der Waals surface area contributed by atoms with E-state index in [9.17, 15) is 0 Å². The molecule has 1 heterocycles. The minimum Gasteiger partial charge on any atom is -0.423 e. The van der Waals surface area contributed by atoms with E-state index in [1.807, 2.05) is 13.0 Å². The number of aromatic nitrogens is 2. The zero-order valence-electron chi connectivity index (χ0n) is 8.64. The maximum Gasteiger partial charge on any atom is 0.322 e. The summed E-state index contributed by atoms with van der Waals surface area (Å²) < 4.78 is 6.33. The molecule has 1 aromatic heterocycles. The first-order valence-corrected chi connectivity index (χ1v) is 5.47. The van der Waals surface area contributed by atoms with Crippen molar-refractivity contribution < 1.29 is 4.74 Å². The van der Waals surface area contributed by atoms with Crippen molar-refractivity contribution in [1.29, 1.82) is 0 Å². The van der Waals surface area contributed by atoms with E-state index in [1.54, 1.807) is 24.4 Å². The van der Waals surface area contributed by atoms with Gasteiger partial charge in [0.15, 0.2) is 0 Å². The SMILES string of the molecule is Cc1ccnc(Oc2cc(N)ccc2Br)n1. The number of aryl methyl sites for hydroxylation is 1. The van der Waals surface area contributed by atoms with Crippen molar-refractivity contribution >= 4 is 21.6 Å². The molecule has 0 radical (unpaired) electrons. The van der Waals surface area contributed by atoms with E-state index in [1.165, 1.54) is 0 Å². The molecular formula is C11H10BrN3O. The molecular weight excluding hydrogens is 270 g/mol. The van der Waals surface area contributed by atoms with Crippen LogP contribution in [0.25, 0.3) is 0 Å². The highest BCUT2D eigenvalue weighted by Gasteiger charge is 2.05. The summed E-state index contributed by atoms with van der Waals surface area (Å²) in [5.74, 6) is 0.602. The molecule has 0 unspecified atom stereocenters. The van der Waals surface area contributed by atoms with Crippen LogP contribution in [0.15, 0.2) is 34.9 Å². The molecule has 0 aliphatic rings. The maximum atomic E-state index is 5.67. The first-order valence-electron chi connectivity index (χ1n) is 4.67. The first-order chi connectivity index (χ1) is 7.65. The van der Waals surface area contributed by atoms with Crippen LogP contribution in [0.4, 0.5) is 5.69 Å². The predicted octanol–water partition coefficient (Wildman–Crippen LogP) is 2.92. The summed E-state index contributed by atoms with van der Waals surface area (Å²) in [6, 6.07) is 7.44. The van der Waals surface area contributed by atoms with Gasteiger partial charge in [0.1, 0.15) is 5.75 Å². The zero-order chi connectivity index (χ0) is 11.5. The lowest BCUT2D eigenvalue weighted by Gasteiger charge is -2.06. The third kappa shape index (κ3) is 2.49. The van der Waals surface area contributed by atoms with E-state index in [-0.39, 0.29) is 0 Å². The summed E-state index contributed by atoms with van der Waals surface area (Å²) in [4.78, 5) is 8.15. The number of ether oxygens (including phenoxy) is 1. The fraction of sp³-hybridized carbons (Fsp3) is 0.0909. The molecule has 4 nitrogen and oxygen atoms in total. The van der Waals surface area contributed by atoms with Crippen LogP contribution in [-0.4, -0.2) is 9.97 Å². The molecule has 2 N–H and O–H groups in total. The second-order valence-electron chi connectivity index (χ2n) is 3.27. The number of hydrogen-bond acceptors (Lipinski definition) is 4. The zero-order valence-corrected chi connectivity index (χ0v) is 10.2. The largest absolute Gasteiger partial charge is 0.423 e. The Balaban J connectivity index is 2.30. The normalized spacial score (nSPS) is 10.1. The highest BCUT2D eigenvalue weighted by atomic mass is 79.9. The van der Waals surface area contributed by atoms with Crippen LogP contribution in [-0.2, 0) is 0 Å². The van der Waals surface area contributed by atoms with Crippen molar-refractivity contribution in [1.82, 2.24) is 9.97 Å². The van der Waals surface area contributed by atoms with E-state index in [2.05, 4.69) is 25.9 Å². The van der Waals surface area contributed by atoms with Gasteiger partial charge in [-0.2, -0.15) is 0 Å². The molecule has 82 valence electrons. The summed E-state index contributed by atoms with van der Waals surface area (Å²) in [6.45, 7) is 1.88. The van der Waals surface area contributed by atoms with Gasteiger partial charge in [-0.05, 0) is 41.1 Å². The minimum absolute atomic E-state index is 0.311. The van der Waals surface area contributed by atoms with Crippen molar-refractivity contribution in [3.63, 3.8) is 0 Å². The van der Waals surface area contributed by atoms with Gasteiger partial charge < -0.3 is 10.5 Å². The molecule has 16 heavy (non-hydrogen) atoms. The van der Waals surface area contributed by atoms with Crippen LogP contribution in [0.1, 0.15) is 5.69 Å². The van der Waals surface area contributed by atoms with E-state index in [4.69, 9.17) is 10.5 Å². The number of hydrogen-bond donors (Lipinski definition) is 1. The Morgan fingerprint density at radius 2 is 2.12 bits per heavy atom. The monoisotopic (exact) mass is 279 g/mol. The molecule has 0 amide bonds. The minimum atomic E-state index is 0.311. The summed E-state index contributed by atoms with van der Waals surface area (Å²) >= 11 is 3.37. The average Bonchev–Trinajstić information content (AvgIpc) is 2.24. The number of benzene rings is 1. The Kier molecular flexibility index (Phi) is 3.05. The van der Waals surface area contributed by atoms with Crippen molar-refractivity contribution in [2.24, 2.45) is 0 Å². The van der Waals surface area contributed by atoms with Crippen LogP contribution < -0.4 is 10.5 Å². The molecule has 1 aromatic carbocycles. The standard InChI is InChI=1S/C11H10BrN3O/c1-7-4-5-14-11(15-7)16-10-6-8(13)2-3-9(10)12/h2-6H,13H2,1H3. The number of rotatable bonds is 2. The molecule has 0 aliphatic heterocycles. The molecule has 0 atom stereocenters. The lowest BCUT2D eigenvalue weighted by atomic mass is 10.3. The lowest BCUT2D eigenvalue weighted by molar-refractivity contribution is 0.438. The second kappa shape index (κ2) is 4.49. The summed E-state index contributed by atoms with van der Waals surface area (Å²) in [5.41, 5.74) is 7.15. The molecule has 0 saturated carbocycles. The van der Waals surface area contributed by atoms with Crippen LogP contribution in [0, 0.1) is 6.92 Å². The van der Waals surface area contributed by atoms with Gasteiger partial charge in [0.2, 0.25) is 0 Å². The van der Waals surface area contributed by atoms with E-state index >= 15 is 0 Å². The van der Waals surface area contributed by atoms with E-state index in [0.717, 1.165) is 10.2 Å². The topological polar surface area (TPSA) is 61.0 Å². The molecule has 0 bridgehead atoms. The third-order valence-corrected chi connectivity index (χ3v) is 2.58. The Morgan fingerprint density at radius 1 is 1.31 bits per heavy atom. The number of nitrogen functional groups attached to an aromatic ring is 1. The fourth-order valence-electron chi connectivity index (χ4n) is 1.17. The lowest BCUT2D eigenvalue weighted by Crippen LogP contribution is -1.94. The van der Waals surface area contributed by atoms with Crippen LogP contribution >= 0.6 is 15.9 Å². The van der Waals surface area contributed by atoms with Crippen molar-refractivity contribution in [3.8, 4) is 11.8 Å². The quantitative estimate of drug-likeness (QED) is 0.859. The second-order valence-corrected chi connectivity index (χ2v) is 4.13. The third-order valence-electron chi connectivity index (χ3n) is 1.93. The molecule has 5 heteroatoms. The van der Waals surface area contributed by atoms with Gasteiger partial charge in [-0.25, -0.2) is 9.97 Å². The van der Waals surface area contributed by atoms with Crippen molar-refractivity contribution in [3.05, 3.63) is 40.6 Å². The number of nitrogens with two attached hydrogens (primary N) is 1. The van der Waals surface area contributed by atoms with Gasteiger partial charge in [0.25, 0.3) is 0 Å². The van der Waals surface area contributed by atoms with Crippen molar-refractivity contribution in [2.75, 3.05) is 5.73 Å². The Hall–Kier alpha value is -1.62. The van der Waals surface area contributed by atoms with Gasteiger partial charge >= 0.3 is 6.01 Å².